The molecule has 1 aromatic heterocycles. The van der Waals surface area contributed by atoms with Crippen molar-refractivity contribution in [3.63, 3.8) is 0 Å². The first-order valence-corrected chi connectivity index (χ1v) is 6.60. The molecule has 0 amide bonds. The maximum Gasteiger partial charge on any atom is 0.330 e. The van der Waals surface area contributed by atoms with Gasteiger partial charge in [-0.05, 0) is 19.8 Å². The molecule has 0 bridgehead atoms. The van der Waals surface area contributed by atoms with Crippen molar-refractivity contribution in [2.75, 3.05) is 6.61 Å². The number of nitrogens with one attached hydrogen (secondary N) is 1. The lowest BCUT2D eigenvalue weighted by molar-refractivity contribution is 0.0129. The number of ether oxygens (including phenoxy) is 1. The molecule has 0 radical (unpaired) electrons. The third kappa shape index (κ3) is 3.13. The van der Waals surface area contributed by atoms with E-state index in [1.807, 2.05) is 0 Å². The van der Waals surface area contributed by atoms with Crippen molar-refractivity contribution in [2.24, 2.45) is 14.1 Å². The standard InChI is InChI=1S/C13H21N3O3/c1-9-6-10(4-5-19-9)14-8-11-7-12(17)16(3)13(18)15(11)2/h7,9-10,14H,4-6,8H2,1-3H3. The molecule has 1 aliphatic heterocycles. The van der Waals surface area contributed by atoms with Crippen LogP contribution >= 0.6 is 0 Å². The van der Waals surface area contributed by atoms with Crippen LogP contribution in [0, 0.1) is 0 Å². The maximum atomic E-state index is 11.8. The molecule has 0 aromatic carbocycles. The molecular formula is C13H21N3O3. The molecule has 0 aliphatic carbocycles. The molecule has 2 heterocycles. The van der Waals surface area contributed by atoms with Crippen LogP contribution in [0.15, 0.2) is 15.7 Å². The average molecular weight is 267 g/mol. The maximum absolute atomic E-state index is 11.8. The number of rotatable bonds is 3. The van der Waals surface area contributed by atoms with Gasteiger partial charge in [-0.3, -0.25) is 13.9 Å². The molecule has 19 heavy (non-hydrogen) atoms. The summed E-state index contributed by atoms with van der Waals surface area (Å²) >= 11 is 0. The summed E-state index contributed by atoms with van der Waals surface area (Å²) in [5.74, 6) is 0. The Hall–Kier alpha value is -1.40. The second-order valence-electron chi connectivity index (χ2n) is 5.16. The van der Waals surface area contributed by atoms with Crippen molar-refractivity contribution in [3.05, 3.63) is 32.6 Å². The van der Waals surface area contributed by atoms with Crippen LogP contribution < -0.4 is 16.6 Å². The molecule has 1 N–H and O–H groups in total. The van der Waals surface area contributed by atoms with Gasteiger partial charge in [0.2, 0.25) is 0 Å². The zero-order chi connectivity index (χ0) is 14.0. The Bertz CT molecular complexity index is 561. The minimum atomic E-state index is -0.287. The van der Waals surface area contributed by atoms with Crippen LogP contribution in [0.2, 0.25) is 0 Å². The first kappa shape index (κ1) is 14.0. The fourth-order valence-electron chi connectivity index (χ4n) is 2.38. The van der Waals surface area contributed by atoms with Crippen molar-refractivity contribution < 1.29 is 4.74 Å². The van der Waals surface area contributed by atoms with E-state index in [0.29, 0.717) is 18.3 Å². The van der Waals surface area contributed by atoms with Gasteiger partial charge in [0.25, 0.3) is 5.56 Å². The summed E-state index contributed by atoms with van der Waals surface area (Å²) in [6, 6.07) is 1.89. The van der Waals surface area contributed by atoms with Crippen LogP contribution in [0.1, 0.15) is 25.5 Å². The summed E-state index contributed by atoms with van der Waals surface area (Å²) in [6.45, 7) is 3.34. The zero-order valence-electron chi connectivity index (χ0n) is 11.7. The fraction of sp³-hybridized carbons (Fsp3) is 0.692. The lowest BCUT2D eigenvalue weighted by Gasteiger charge is -2.28. The quantitative estimate of drug-likeness (QED) is 0.819. The monoisotopic (exact) mass is 267 g/mol. The van der Waals surface area contributed by atoms with E-state index in [-0.39, 0.29) is 17.4 Å². The average Bonchev–Trinajstić information content (AvgIpc) is 2.39. The van der Waals surface area contributed by atoms with Crippen molar-refractivity contribution in [1.29, 1.82) is 0 Å². The highest BCUT2D eigenvalue weighted by atomic mass is 16.5. The molecule has 1 saturated heterocycles. The molecule has 2 atom stereocenters. The SMILES string of the molecule is CC1CC(NCc2cc(=O)n(C)c(=O)n2C)CCO1. The molecule has 6 nitrogen and oxygen atoms in total. The third-order valence-corrected chi connectivity index (χ3v) is 3.68. The molecule has 6 heteroatoms. The molecule has 0 spiro atoms. The Morgan fingerprint density at radius 3 is 2.79 bits per heavy atom. The molecule has 1 aromatic rings. The Labute approximate surface area is 112 Å². The van der Waals surface area contributed by atoms with E-state index in [0.717, 1.165) is 24.0 Å². The Morgan fingerprint density at radius 1 is 1.37 bits per heavy atom. The highest BCUT2D eigenvalue weighted by Crippen LogP contribution is 2.13. The van der Waals surface area contributed by atoms with Crippen molar-refractivity contribution in [1.82, 2.24) is 14.5 Å². The predicted molar refractivity (Wildman–Crippen MR) is 72.2 cm³/mol. The van der Waals surface area contributed by atoms with Crippen LogP contribution in [-0.4, -0.2) is 27.9 Å². The highest BCUT2D eigenvalue weighted by Gasteiger charge is 2.19. The number of hydrogen-bond donors (Lipinski definition) is 1. The number of aromatic nitrogens is 2. The van der Waals surface area contributed by atoms with E-state index < -0.39 is 0 Å². The van der Waals surface area contributed by atoms with Crippen LogP contribution in [0.4, 0.5) is 0 Å². The summed E-state index contributed by atoms with van der Waals surface area (Å²) in [5, 5.41) is 3.40. The topological polar surface area (TPSA) is 65.3 Å². The summed E-state index contributed by atoms with van der Waals surface area (Å²) in [4.78, 5) is 23.4. The van der Waals surface area contributed by atoms with Gasteiger partial charge >= 0.3 is 5.69 Å². The Morgan fingerprint density at radius 2 is 2.11 bits per heavy atom. The summed E-state index contributed by atoms with van der Waals surface area (Å²) in [7, 11) is 3.17. The highest BCUT2D eigenvalue weighted by molar-refractivity contribution is 5.02. The second-order valence-corrected chi connectivity index (χ2v) is 5.16. The Balaban J connectivity index is 2.08. The second kappa shape index (κ2) is 5.71. The summed E-state index contributed by atoms with van der Waals surface area (Å²) in [6.07, 6.45) is 2.18. The largest absolute Gasteiger partial charge is 0.378 e. The minimum absolute atomic E-state index is 0.263. The van der Waals surface area contributed by atoms with Crippen molar-refractivity contribution in [3.8, 4) is 0 Å². The molecule has 1 aliphatic rings. The van der Waals surface area contributed by atoms with Crippen LogP contribution in [0.5, 0.6) is 0 Å². The predicted octanol–water partition coefficient (Wildman–Crippen LogP) is -0.259. The number of hydrogen-bond acceptors (Lipinski definition) is 4. The van der Waals surface area contributed by atoms with Crippen LogP contribution in [0.3, 0.4) is 0 Å². The smallest absolute Gasteiger partial charge is 0.330 e. The molecule has 2 rings (SSSR count). The first-order valence-electron chi connectivity index (χ1n) is 6.60. The lowest BCUT2D eigenvalue weighted by Crippen LogP contribution is -2.41. The number of nitrogens with zero attached hydrogens (tertiary/aromatic N) is 2. The van der Waals surface area contributed by atoms with E-state index >= 15 is 0 Å². The van der Waals surface area contributed by atoms with E-state index in [4.69, 9.17) is 4.74 Å². The van der Waals surface area contributed by atoms with Crippen molar-refractivity contribution >= 4 is 0 Å². The lowest BCUT2D eigenvalue weighted by atomic mass is 10.0. The molecule has 2 unspecified atom stereocenters. The normalized spacial score (nSPS) is 23.5. The van der Waals surface area contributed by atoms with Crippen molar-refractivity contribution in [2.45, 2.75) is 38.5 Å². The van der Waals surface area contributed by atoms with E-state index in [1.54, 1.807) is 7.05 Å². The van der Waals surface area contributed by atoms with Gasteiger partial charge < -0.3 is 10.1 Å². The van der Waals surface area contributed by atoms with Gasteiger partial charge in [0.15, 0.2) is 0 Å². The molecular weight excluding hydrogens is 246 g/mol. The Kier molecular flexibility index (Phi) is 4.21. The van der Waals surface area contributed by atoms with E-state index in [2.05, 4.69) is 12.2 Å². The van der Waals surface area contributed by atoms with Crippen LogP contribution in [-0.2, 0) is 25.4 Å². The van der Waals surface area contributed by atoms with Gasteiger partial charge in [0.1, 0.15) is 0 Å². The molecule has 106 valence electrons. The van der Waals surface area contributed by atoms with Gasteiger partial charge in [-0.15, -0.1) is 0 Å². The van der Waals surface area contributed by atoms with Gasteiger partial charge in [-0.25, -0.2) is 4.79 Å². The molecule has 1 fully saturated rings. The van der Waals surface area contributed by atoms with Crippen LogP contribution in [0.25, 0.3) is 0 Å². The third-order valence-electron chi connectivity index (χ3n) is 3.68. The first-order chi connectivity index (χ1) is 8.99. The van der Waals surface area contributed by atoms with Gasteiger partial charge in [0, 0.05) is 45.0 Å². The molecule has 0 saturated carbocycles. The summed E-state index contributed by atoms with van der Waals surface area (Å²) in [5.41, 5.74) is 0.164. The zero-order valence-corrected chi connectivity index (χ0v) is 11.7. The van der Waals surface area contributed by atoms with Gasteiger partial charge in [-0.1, -0.05) is 0 Å². The fourth-order valence-corrected chi connectivity index (χ4v) is 2.38. The summed E-state index contributed by atoms with van der Waals surface area (Å²) < 4.78 is 8.11. The van der Waals surface area contributed by atoms with E-state index in [1.165, 1.54) is 17.7 Å². The minimum Gasteiger partial charge on any atom is -0.378 e. The van der Waals surface area contributed by atoms with Gasteiger partial charge in [0.05, 0.1) is 6.10 Å². The van der Waals surface area contributed by atoms with Gasteiger partial charge in [-0.2, -0.15) is 0 Å². The van der Waals surface area contributed by atoms with E-state index in [9.17, 15) is 9.59 Å².